The summed E-state index contributed by atoms with van der Waals surface area (Å²) in [5.41, 5.74) is 7.93. The smallest absolute Gasteiger partial charge is 0.335 e. The van der Waals surface area contributed by atoms with Crippen LogP contribution in [0.1, 0.15) is 27.4 Å². The predicted octanol–water partition coefficient (Wildman–Crippen LogP) is 3.05. The number of benzene rings is 1. The molecule has 8 heteroatoms. The van der Waals surface area contributed by atoms with Crippen molar-refractivity contribution in [2.75, 3.05) is 0 Å². The van der Waals surface area contributed by atoms with Crippen molar-refractivity contribution in [2.24, 2.45) is 5.73 Å². The molecular formula is C18H12N4O3S. The number of aromatic carboxylic acids is 1. The zero-order valence-corrected chi connectivity index (χ0v) is 14.1. The molecule has 1 aliphatic heterocycles. The molecule has 0 fully saturated rings. The second-order valence-electron chi connectivity index (χ2n) is 5.61. The van der Waals surface area contributed by atoms with Crippen LogP contribution >= 0.6 is 11.3 Å². The van der Waals surface area contributed by atoms with Crippen molar-refractivity contribution in [3.63, 3.8) is 0 Å². The van der Waals surface area contributed by atoms with E-state index in [1.165, 1.54) is 17.4 Å². The highest BCUT2D eigenvalue weighted by molar-refractivity contribution is 7.13. The highest BCUT2D eigenvalue weighted by Crippen LogP contribution is 2.47. The van der Waals surface area contributed by atoms with E-state index in [1.807, 2.05) is 17.5 Å². The van der Waals surface area contributed by atoms with Crippen molar-refractivity contribution in [3.05, 3.63) is 69.9 Å². The van der Waals surface area contributed by atoms with Crippen LogP contribution in [0.4, 0.5) is 0 Å². The number of nitrogens with one attached hydrogen (secondary N) is 1. The first-order valence-corrected chi connectivity index (χ1v) is 8.51. The number of hydrogen-bond acceptors (Lipinski definition) is 6. The van der Waals surface area contributed by atoms with Crippen molar-refractivity contribution in [2.45, 2.75) is 5.92 Å². The minimum atomic E-state index is -1.08. The third-order valence-electron chi connectivity index (χ3n) is 4.21. The maximum Gasteiger partial charge on any atom is 0.335 e. The average molecular weight is 364 g/mol. The van der Waals surface area contributed by atoms with Gasteiger partial charge in [0.2, 0.25) is 11.8 Å². The Bertz CT molecular complexity index is 1080. The monoisotopic (exact) mass is 364 g/mol. The number of nitriles is 1. The zero-order chi connectivity index (χ0) is 18.3. The van der Waals surface area contributed by atoms with Crippen LogP contribution in [-0.4, -0.2) is 21.3 Å². The highest BCUT2D eigenvalue weighted by Gasteiger charge is 2.37. The number of ether oxygens (including phenoxy) is 1. The van der Waals surface area contributed by atoms with E-state index in [0.717, 1.165) is 4.88 Å². The molecule has 1 aromatic carbocycles. The number of thiophene rings is 1. The van der Waals surface area contributed by atoms with Gasteiger partial charge in [0.15, 0.2) is 0 Å². The highest BCUT2D eigenvalue weighted by atomic mass is 32.1. The summed E-state index contributed by atoms with van der Waals surface area (Å²) in [4.78, 5) is 12.6. The van der Waals surface area contributed by atoms with Crippen molar-refractivity contribution < 1.29 is 14.6 Å². The number of carbonyl (C=O) groups is 1. The van der Waals surface area contributed by atoms with E-state index < -0.39 is 11.9 Å². The number of nitrogens with zero attached hydrogens (tertiary/aromatic N) is 2. The van der Waals surface area contributed by atoms with Crippen LogP contribution < -0.4 is 10.5 Å². The van der Waals surface area contributed by atoms with Gasteiger partial charge in [-0.05, 0) is 23.1 Å². The number of aromatic amines is 1. The molecule has 0 aliphatic carbocycles. The first-order valence-electron chi connectivity index (χ1n) is 7.63. The number of carboxylic acid groups (broad SMARTS) is 1. The third kappa shape index (κ3) is 2.34. The number of hydrogen-bond donors (Lipinski definition) is 3. The Hall–Kier alpha value is -3.57. The molecule has 26 heavy (non-hydrogen) atoms. The fraction of sp³-hybridized carbons (Fsp3) is 0.0556. The van der Waals surface area contributed by atoms with Crippen molar-refractivity contribution in [3.8, 4) is 22.5 Å². The van der Waals surface area contributed by atoms with E-state index in [1.54, 1.807) is 18.2 Å². The maximum atomic E-state index is 11.7. The molecule has 3 aromatic rings. The van der Waals surface area contributed by atoms with E-state index in [4.69, 9.17) is 10.5 Å². The second-order valence-corrected chi connectivity index (χ2v) is 6.56. The third-order valence-corrected chi connectivity index (χ3v) is 5.10. The normalized spacial score (nSPS) is 15.9. The number of H-pyrrole nitrogens is 1. The number of aromatic nitrogens is 2. The summed E-state index contributed by atoms with van der Waals surface area (Å²) in [7, 11) is 0. The summed E-state index contributed by atoms with van der Waals surface area (Å²) >= 11 is 1.50. The molecule has 1 atom stereocenters. The van der Waals surface area contributed by atoms with E-state index in [9.17, 15) is 15.2 Å². The standard InChI is InChI=1S/C18H12N4O3S/c19-8-11-13(9-4-1-2-5-10(9)18(23)24)14-15(12-6-3-7-26-12)21-22-17(14)25-16(11)20/h1-7,13H,20H2,(H,21,22)(H,23,24)/t13-/m0/s1. The van der Waals surface area contributed by atoms with Crippen molar-refractivity contribution >= 4 is 17.3 Å². The first-order chi connectivity index (χ1) is 12.6. The number of rotatable bonds is 3. The van der Waals surface area contributed by atoms with Gasteiger partial charge in [0.25, 0.3) is 0 Å². The van der Waals surface area contributed by atoms with E-state index >= 15 is 0 Å². The van der Waals surface area contributed by atoms with Gasteiger partial charge in [-0.15, -0.1) is 16.4 Å². The fourth-order valence-electron chi connectivity index (χ4n) is 3.11. The predicted molar refractivity (Wildman–Crippen MR) is 94.6 cm³/mol. The van der Waals surface area contributed by atoms with Gasteiger partial charge < -0.3 is 15.6 Å². The van der Waals surface area contributed by atoms with Gasteiger partial charge in [-0.2, -0.15) is 5.26 Å². The lowest BCUT2D eigenvalue weighted by atomic mass is 9.81. The van der Waals surface area contributed by atoms with Gasteiger partial charge >= 0.3 is 5.97 Å². The molecular weight excluding hydrogens is 352 g/mol. The van der Waals surface area contributed by atoms with Crippen LogP contribution in [0.2, 0.25) is 0 Å². The first kappa shape index (κ1) is 15.9. The lowest BCUT2D eigenvalue weighted by Gasteiger charge is -2.24. The summed E-state index contributed by atoms with van der Waals surface area (Å²) < 4.78 is 5.52. The van der Waals surface area contributed by atoms with Gasteiger partial charge in [0, 0.05) is 0 Å². The number of carboxylic acids is 1. The molecule has 2 aromatic heterocycles. The lowest BCUT2D eigenvalue weighted by Crippen LogP contribution is -2.22. The molecule has 0 spiro atoms. The summed E-state index contributed by atoms with van der Waals surface area (Å²) in [5, 5.41) is 28.3. The number of fused-ring (bicyclic) bond motifs is 1. The maximum absolute atomic E-state index is 11.7. The molecule has 7 nitrogen and oxygen atoms in total. The summed E-state index contributed by atoms with van der Waals surface area (Å²) in [6.45, 7) is 0. The Morgan fingerprint density at radius 2 is 2.15 bits per heavy atom. The average Bonchev–Trinajstić information content (AvgIpc) is 3.29. The quantitative estimate of drug-likeness (QED) is 0.656. The Morgan fingerprint density at radius 3 is 2.85 bits per heavy atom. The molecule has 0 radical (unpaired) electrons. The molecule has 0 amide bonds. The van der Waals surface area contributed by atoms with Crippen molar-refractivity contribution in [1.82, 2.24) is 10.2 Å². The van der Waals surface area contributed by atoms with Crippen LogP contribution in [0.25, 0.3) is 10.6 Å². The molecule has 0 saturated carbocycles. The Morgan fingerprint density at radius 1 is 1.35 bits per heavy atom. The van der Waals surface area contributed by atoms with Crippen LogP contribution in [0.15, 0.2) is 53.2 Å². The summed E-state index contributed by atoms with van der Waals surface area (Å²) in [6, 6.07) is 12.4. The minimum Gasteiger partial charge on any atom is -0.478 e. The largest absolute Gasteiger partial charge is 0.478 e. The van der Waals surface area contributed by atoms with Crippen LogP contribution in [0, 0.1) is 11.3 Å². The van der Waals surface area contributed by atoms with Crippen LogP contribution in [0.5, 0.6) is 5.88 Å². The SMILES string of the molecule is N#CC1=C(N)Oc2n[nH]c(-c3cccs3)c2[C@H]1c1ccccc1C(=O)O. The van der Waals surface area contributed by atoms with Gasteiger partial charge in [-0.1, -0.05) is 24.3 Å². The summed E-state index contributed by atoms with van der Waals surface area (Å²) in [5.74, 6) is -1.60. The minimum absolute atomic E-state index is 0.0746. The van der Waals surface area contributed by atoms with Gasteiger partial charge in [0.1, 0.15) is 11.6 Å². The van der Waals surface area contributed by atoms with Crippen LogP contribution in [0.3, 0.4) is 0 Å². The van der Waals surface area contributed by atoms with E-state index in [-0.39, 0.29) is 22.9 Å². The Kier molecular flexibility index (Phi) is 3.71. The zero-order valence-electron chi connectivity index (χ0n) is 13.3. The number of allylic oxidation sites excluding steroid dienone is 1. The molecule has 4 N–H and O–H groups in total. The molecule has 0 unspecified atom stereocenters. The van der Waals surface area contributed by atoms with Gasteiger partial charge in [-0.25, -0.2) is 4.79 Å². The van der Waals surface area contributed by atoms with E-state index in [2.05, 4.69) is 16.3 Å². The fourth-order valence-corrected chi connectivity index (χ4v) is 3.84. The number of nitrogens with two attached hydrogens (primary N) is 1. The second kappa shape index (κ2) is 6.06. The topological polar surface area (TPSA) is 125 Å². The molecule has 4 rings (SSSR count). The molecule has 0 saturated heterocycles. The van der Waals surface area contributed by atoms with Crippen molar-refractivity contribution in [1.29, 1.82) is 5.26 Å². The van der Waals surface area contributed by atoms with E-state index in [0.29, 0.717) is 16.8 Å². The molecule has 0 bridgehead atoms. The summed E-state index contributed by atoms with van der Waals surface area (Å²) in [6.07, 6.45) is 0. The van der Waals surface area contributed by atoms with Gasteiger partial charge in [0.05, 0.1) is 27.6 Å². The molecule has 1 aliphatic rings. The molecule has 128 valence electrons. The Balaban J connectivity index is 2.02. The van der Waals surface area contributed by atoms with Gasteiger partial charge in [-0.3, -0.25) is 5.10 Å². The van der Waals surface area contributed by atoms with Crippen LogP contribution in [-0.2, 0) is 0 Å². The molecule has 3 heterocycles. The lowest BCUT2D eigenvalue weighted by molar-refractivity contribution is 0.0695. The Labute approximate surface area is 152 Å².